The Kier molecular flexibility index (Phi) is 6.68. The van der Waals surface area contributed by atoms with Crippen molar-refractivity contribution < 1.29 is 9.47 Å². The lowest BCUT2D eigenvalue weighted by Crippen LogP contribution is -2.23. The molecule has 0 radical (unpaired) electrons. The van der Waals surface area contributed by atoms with E-state index in [2.05, 4.69) is 38.1 Å². The van der Waals surface area contributed by atoms with Crippen LogP contribution in [0.15, 0.2) is 24.3 Å². The minimum atomic E-state index is -0.0297. The van der Waals surface area contributed by atoms with E-state index in [9.17, 15) is 0 Å². The van der Waals surface area contributed by atoms with Gasteiger partial charge in [-0.3, -0.25) is 0 Å². The van der Waals surface area contributed by atoms with Crippen LogP contribution in [0.1, 0.15) is 43.9 Å². The Balaban J connectivity index is 1.73. The monoisotopic (exact) mass is 291 g/mol. The molecule has 2 rings (SSSR count). The normalized spacial score (nSPS) is 18.1. The molecule has 21 heavy (non-hydrogen) atoms. The van der Waals surface area contributed by atoms with E-state index in [-0.39, 0.29) is 6.04 Å². The first kappa shape index (κ1) is 16.5. The zero-order valence-corrected chi connectivity index (χ0v) is 13.4. The maximum Gasteiger partial charge on any atom is 0.0659 e. The second-order valence-electron chi connectivity index (χ2n) is 6.54. The largest absolute Gasteiger partial charge is 0.381 e. The summed E-state index contributed by atoms with van der Waals surface area (Å²) in [5, 5.41) is 0. The topological polar surface area (TPSA) is 44.5 Å². The van der Waals surface area contributed by atoms with E-state index < -0.39 is 0 Å². The third-order valence-corrected chi connectivity index (χ3v) is 4.04. The fourth-order valence-electron chi connectivity index (χ4n) is 2.74. The highest BCUT2D eigenvalue weighted by molar-refractivity contribution is 5.25. The van der Waals surface area contributed by atoms with Crippen LogP contribution >= 0.6 is 0 Å². The molecule has 1 saturated heterocycles. The van der Waals surface area contributed by atoms with Crippen LogP contribution in [-0.2, 0) is 15.9 Å². The molecule has 1 heterocycles. The fraction of sp³-hybridized carbons (Fsp3) is 0.667. The molecule has 0 aliphatic carbocycles. The molecule has 118 valence electrons. The van der Waals surface area contributed by atoms with Gasteiger partial charge in [-0.05, 0) is 42.2 Å². The first-order valence-corrected chi connectivity index (χ1v) is 8.15. The standard InChI is InChI=1S/C18H29NO2/c1-14(2)11-15-3-5-17(6-4-15)18(19)13-21-12-16-7-9-20-10-8-16/h3-6,14,16,18H,7-13,19H2,1-2H3. The van der Waals surface area contributed by atoms with Crippen molar-refractivity contribution in [2.75, 3.05) is 26.4 Å². The summed E-state index contributed by atoms with van der Waals surface area (Å²) in [6.45, 7) is 7.63. The van der Waals surface area contributed by atoms with Gasteiger partial charge < -0.3 is 15.2 Å². The van der Waals surface area contributed by atoms with Crippen LogP contribution in [0.2, 0.25) is 0 Å². The van der Waals surface area contributed by atoms with Gasteiger partial charge in [0.1, 0.15) is 0 Å². The maximum absolute atomic E-state index is 6.21. The van der Waals surface area contributed by atoms with Crippen LogP contribution in [0, 0.1) is 11.8 Å². The van der Waals surface area contributed by atoms with Gasteiger partial charge in [0.25, 0.3) is 0 Å². The van der Waals surface area contributed by atoms with E-state index in [4.69, 9.17) is 15.2 Å². The highest BCUT2D eigenvalue weighted by Crippen LogP contribution is 2.17. The van der Waals surface area contributed by atoms with Crippen LogP contribution in [0.3, 0.4) is 0 Å². The summed E-state index contributed by atoms with van der Waals surface area (Å²) in [7, 11) is 0. The zero-order chi connectivity index (χ0) is 15.1. The molecule has 3 heteroatoms. The molecule has 1 atom stereocenters. The lowest BCUT2D eigenvalue weighted by molar-refractivity contribution is 0.0174. The summed E-state index contributed by atoms with van der Waals surface area (Å²) < 4.78 is 11.2. The van der Waals surface area contributed by atoms with Crippen molar-refractivity contribution in [2.24, 2.45) is 17.6 Å². The van der Waals surface area contributed by atoms with Gasteiger partial charge in [-0.1, -0.05) is 38.1 Å². The Bertz CT molecular complexity index is 396. The molecule has 1 unspecified atom stereocenters. The van der Waals surface area contributed by atoms with E-state index >= 15 is 0 Å². The van der Waals surface area contributed by atoms with Gasteiger partial charge in [-0.2, -0.15) is 0 Å². The zero-order valence-electron chi connectivity index (χ0n) is 13.4. The van der Waals surface area contributed by atoms with Crippen molar-refractivity contribution in [2.45, 2.75) is 39.2 Å². The number of rotatable bonds is 7. The molecular formula is C18H29NO2. The van der Waals surface area contributed by atoms with Crippen LogP contribution < -0.4 is 5.73 Å². The lowest BCUT2D eigenvalue weighted by atomic mass is 10.00. The third-order valence-electron chi connectivity index (χ3n) is 4.04. The van der Waals surface area contributed by atoms with Gasteiger partial charge >= 0.3 is 0 Å². The summed E-state index contributed by atoms with van der Waals surface area (Å²) in [6.07, 6.45) is 3.34. The van der Waals surface area contributed by atoms with Crippen molar-refractivity contribution in [1.29, 1.82) is 0 Å². The van der Waals surface area contributed by atoms with E-state index in [0.29, 0.717) is 18.4 Å². The third kappa shape index (κ3) is 5.77. The van der Waals surface area contributed by atoms with Crippen molar-refractivity contribution in [3.63, 3.8) is 0 Å². The van der Waals surface area contributed by atoms with Crippen molar-refractivity contribution in [3.05, 3.63) is 35.4 Å². The molecule has 3 nitrogen and oxygen atoms in total. The summed E-state index contributed by atoms with van der Waals surface area (Å²) in [6, 6.07) is 8.62. The molecule has 0 spiro atoms. The van der Waals surface area contributed by atoms with Crippen LogP contribution in [0.5, 0.6) is 0 Å². The highest BCUT2D eigenvalue weighted by Gasteiger charge is 2.14. The van der Waals surface area contributed by atoms with Gasteiger partial charge in [0.15, 0.2) is 0 Å². The predicted molar refractivity (Wildman–Crippen MR) is 86.3 cm³/mol. The molecule has 1 aliphatic heterocycles. The Hall–Kier alpha value is -0.900. The highest BCUT2D eigenvalue weighted by atomic mass is 16.5. The van der Waals surface area contributed by atoms with Crippen molar-refractivity contribution in [1.82, 2.24) is 0 Å². The molecule has 0 bridgehead atoms. The number of hydrogen-bond acceptors (Lipinski definition) is 3. The summed E-state index contributed by atoms with van der Waals surface area (Å²) in [5.41, 5.74) is 8.75. The summed E-state index contributed by atoms with van der Waals surface area (Å²) >= 11 is 0. The number of hydrogen-bond donors (Lipinski definition) is 1. The Morgan fingerprint density at radius 2 is 1.86 bits per heavy atom. The van der Waals surface area contributed by atoms with Gasteiger partial charge in [0, 0.05) is 19.8 Å². The first-order valence-electron chi connectivity index (χ1n) is 8.15. The quantitative estimate of drug-likeness (QED) is 0.838. The lowest BCUT2D eigenvalue weighted by Gasteiger charge is -2.22. The Labute approximate surface area is 128 Å². The minimum absolute atomic E-state index is 0.0297. The van der Waals surface area contributed by atoms with Crippen LogP contribution in [0.25, 0.3) is 0 Å². The molecule has 1 fully saturated rings. The second kappa shape index (κ2) is 8.52. The molecule has 0 saturated carbocycles. The molecule has 1 aromatic rings. The fourth-order valence-corrected chi connectivity index (χ4v) is 2.74. The molecule has 0 amide bonds. The molecule has 1 aromatic carbocycles. The first-order chi connectivity index (χ1) is 10.1. The maximum atomic E-state index is 6.21. The van der Waals surface area contributed by atoms with Crippen LogP contribution in [-0.4, -0.2) is 26.4 Å². The Morgan fingerprint density at radius 1 is 1.19 bits per heavy atom. The number of benzene rings is 1. The van der Waals surface area contributed by atoms with E-state index in [1.165, 1.54) is 5.56 Å². The second-order valence-corrected chi connectivity index (χ2v) is 6.54. The predicted octanol–water partition coefficient (Wildman–Crippen LogP) is 3.33. The van der Waals surface area contributed by atoms with E-state index in [1.54, 1.807) is 0 Å². The molecule has 1 aliphatic rings. The smallest absolute Gasteiger partial charge is 0.0659 e. The average molecular weight is 291 g/mol. The van der Waals surface area contributed by atoms with Crippen molar-refractivity contribution >= 4 is 0 Å². The molecule has 2 N–H and O–H groups in total. The van der Waals surface area contributed by atoms with Gasteiger partial charge in [-0.15, -0.1) is 0 Å². The SMILES string of the molecule is CC(C)Cc1ccc(C(N)COCC2CCOCC2)cc1. The van der Waals surface area contributed by atoms with E-state index in [1.807, 2.05) is 0 Å². The molecular weight excluding hydrogens is 262 g/mol. The van der Waals surface area contributed by atoms with Crippen LogP contribution in [0.4, 0.5) is 0 Å². The van der Waals surface area contributed by atoms with E-state index in [0.717, 1.165) is 44.6 Å². The summed E-state index contributed by atoms with van der Waals surface area (Å²) in [4.78, 5) is 0. The van der Waals surface area contributed by atoms with Crippen molar-refractivity contribution in [3.8, 4) is 0 Å². The number of nitrogens with two attached hydrogens (primary N) is 1. The summed E-state index contributed by atoms with van der Waals surface area (Å²) in [5.74, 6) is 1.33. The Morgan fingerprint density at radius 3 is 2.48 bits per heavy atom. The van der Waals surface area contributed by atoms with Gasteiger partial charge in [0.2, 0.25) is 0 Å². The van der Waals surface area contributed by atoms with Gasteiger partial charge in [-0.25, -0.2) is 0 Å². The average Bonchev–Trinajstić information content (AvgIpc) is 2.48. The number of ether oxygens (including phenoxy) is 2. The minimum Gasteiger partial charge on any atom is -0.381 e. The molecule has 0 aromatic heterocycles. The van der Waals surface area contributed by atoms with Gasteiger partial charge in [0.05, 0.1) is 12.6 Å².